The van der Waals surface area contributed by atoms with E-state index < -0.39 is 6.04 Å². The van der Waals surface area contributed by atoms with Crippen molar-refractivity contribution in [2.75, 3.05) is 19.6 Å². The Morgan fingerprint density at radius 2 is 1.86 bits per heavy atom. The van der Waals surface area contributed by atoms with E-state index in [-0.39, 0.29) is 36.7 Å². The second-order valence-electron chi connectivity index (χ2n) is 6.82. The Labute approximate surface area is 176 Å². The fraction of sp³-hybridized carbons (Fsp3) is 0.333. The summed E-state index contributed by atoms with van der Waals surface area (Å²) in [6, 6.07) is 16.3. The zero-order valence-electron chi connectivity index (χ0n) is 15.7. The van der Waals surface area contributed by atoms with Gasteiger partial charge in [-0.1, -0.05) is 54.1 Å². The van der Waals surface area contributed by atoms with Gasteiger partial charge in [0, 0.05) is 25.7 Å². The quantitative estimate of drug-likeness (QED) is 0.776. The molecule has 2 amide bonds. The molecular formula is C21H25Cl2N3O2. The zero-order chi connectivity index (χ0) is 19.2. The Kier molecular flexibility index (Phi) is 8.30. The van der Waals surface area contributed by atoms with E-state index in [1.807, 2.05) is 35.2 Å². The third-order valence-electron chi connectivity index (χ3n) is 4.73. The van der Waals surface area contributed by atoms with Crippen LogP contribution in [0.5, 0.6) is 0 Å². The summed E-state index contributed by atoms with van der Waals surface area (Å²) in [5.74, 6) is -0.243. The lowest BCUT2D eigenvalue weighted by atomic mass is 10.0. The van der Waals surface area contributed by atoms with Crippen molar-refractivity contribution in [3.63, 3.8) is 0 Å². The molecular weight excluding hydrogens is 397 g/mol. The molecule has 0 aromatic heterocycles. The van der Waals surface area contributed by atoms with Gasteiger partial charge in [-0.3, -0.25) is 9.59 Å². The van der Waals surface area contributed by atoms with Crippen LogP contribution >= 0.6 is 24.0 Å². The summed E-state index contributed by atoms with van der Waals surface area (Å²) >= 11 is 6.15. The van der Waals surface area contributed by atoms with Gasteiger partial charge in [-0.05, 0) is 24.6 Å². The number of piperazine rings is 1. The van der Waals surface area contributed by atoms with Crippen molar-refractivity contribution in [3.05, 3.63) is 70.7 Å². The van der Waals surface area contributed by atoms with E-state index in [9.17, 15) is 9.59 Å². The molecule has 1 saturated heterocycles. The predicted octanol–water partition coefficient (Wildman–Crippen LogP) is 3.44. The molecule has 1 fully saturated rings. The summed E-state index contributed by atoms with van der Waals surface area (Å²) in [5, 5.41) is 6.71. The van der Waals surface area contributed by atoms with Crippen LogP contribution in [-0.2, 0) is 4.79 Å². The minimum absolute atomic E-state index is 0. The van der Waals surface area contributed by atoms with Crippen LogP contribution in [-0.4, -0.2) is 42.4 Å². The molecule has 1 aliphatic rings. The maximum absolute atomic E-state index is 12.8. The number of hydrogen-bond donors (Lipinski definition) is 2. The Hall–Kier alpha value is -2.08. The van der Waals surface area contributed by atoms with Crippen molar-refractivity contribution in [2.24, 2.45) is 0 Å². The first-order chi connectivity index (χ1) is 13.0. The number of rotatable bonds is 5. The minimum atomic E-state index is -0.410. The van der Waals surface area contributed by atoms with Crippen molar-refractivity contribution in [3.8, 4) is 0 Å². The van der Waals surface area contributed by atoms with E-state index in [2.05, 4.69) is 17.6 Å². The van der Waals surface area contributed by atoms with Crippen LogP contribution in [0.1, 0.15) is 35.3 Å². The van der Waals surface area contributed by atoms with E-state index >= 15 is 0 Å². The van der Waals surface area contributed by atoms with Gasteiger partial charge in [0.1, 0.15) is 0 Å². The largest absolute Gasteiger partial charge is 0.345 e. The van der Waals surface area contributed by atoms with Crippen molar-refractivity contribution < 1.29 is 9.59 Å². The number of carbonyl (C=O) groups excluding carboxylic acids is 2. The molecule has 5 nitrogen and oxygen atoms in total. The molecule has 0 bridgehead atoms. The van der Waals surface area contributed by atoms with Gasteiger partial charge in [-0.25, -0.2) is 0 Å². The van der Waals surface area contributed by atoms with E-state index in [1.165, 1.54) is 0 Å². The van der Waals surface area contributed by atoms with Crippen LogP contribution in [0.4, 0.5) is 0 Å². The summed E-state index contributed by atoms with van der Waals surface area (Å²) in [4.78, 5) is 27.4. The summed E-state index contributed by atoms with van der Waals surface area (Å²) in [6.07, 6.45) is 0.215. The SMILES string of the molecule is CC1CN(C(=O)CC(NC(=O)c2ccccc2Cl)c2ccccc2)CCN1.Cl. The van der Waals surface area contributed by atoms with Crippen LogP contribution in [0, 0.1) is 0 Å². The second-order valence-corrected chi connectivity index (χ2v) is 7.22. The summed E-state index contributed by atoms with van der Waals surface area (Å²) < 4.78 is 0. The van der Waals surface area contributed by atoms with Crippen LogP contribution in [0.2, 0.25) is 5.02 Å². The molecule has 2 aromatic rings. The monoisotopic (exact) mass is 421 g/mol. The second kappa shape index (κ2) is 10.5. The standard InChI is InChI=1S/C21H24ClN3O2.ClH/c1-15-14-25(12-11-23-15)20(26)13-19(16-7-3-2-4-8-16)24-21(27)17-9-5-6-10-18(17)22;/h2-10,15,19,23H,11-14H2,1H3,(H,24,27);1H. The number of amides is 2. The average molecular weight is 422 g/mol. The molecule has 2 aromatic carbocycles. The van der Waals surface area contributed by atoms with Gasteiger partial charge in [0.2, 0.25) is 5.91 Å². The first kappa shape index (κ1) is 22.2. The number of nitrogens with zero attached hydrogens (tertiary/aromatic N) is 1. The van der Waals surface area contributed by atoms with Gasteiger partial charge in [-0.2, -0.15) is 0 Å². The number of halogens is 2. The molecule has 1 heterocycles. The zero-order valence-corrected chi connectivity index (χ0v) is 17.3. The first-order valence-electron chi connectivity index (χ1n) is 9.16. The van der Waals surface area contributed by atoms with Gasteiger partial charge in [0.05, 0.1) is 23.0 Å². The van der Waals surface area contributed by atoms with Gasteiger partial charge >= 0.3 is 0 Å². The highest BCUT2D eigenvalue weighted by atomic mass is 35.5. The number of benzene rings is 2. The molecule has 150 valence electrons. The third-order valence-corrected chi connectivity index (χ3v) is 5.06. The number of hydrogen-bond acceptors (Lipinski definition) is 3. The lowest BCUT2D eigenvalue weighted by Crippen LogP contribution is -2.51. The van der Waals surface area contributed by atoms with E-state index in [0.717, 1.165) is 12.1 Å². The number of carbonyl (C=O) groups is 2. The van der Waals surface area contributed by atoms with Gasteiger partial charge in [0.15, 0.2) is 0 Å². The van der Waals surface area contributed by atoms with Crippen molar-refractivity contribution in [2.45, 2.75) is 25.4 Å². The highest BCUT2D eigenvalue weighted by molar-refractivity contribution is 6.33. The highest BCUT2D eigenvalue weighted by Crippen LogP contribution is 2.21. The lowest BCUT2D eigenvalue weighted by Gasteiger charge is -2.33. The molecule has 0 saturated carbocycles. The normalized spacial score (nSPS) is 17.4. The molecule has 1 aliphatic heterocycles. The fourth-order valence-corrected chi connectivity index (χ4v) is 3.50. The summed E-state index contributed by atoms with van der Waals surface area (Å²) in [7, 11) is 0. The Balaban J connectivity index is 0.00000280. The summed E-state index contributed by atoms with van der Waals surface area (Å²) in [5.41, 5.74) is 1.30. The van der Waals surface area contributed by atoms with Crippen LogP contribution in [0.3, 0.4) is 0 Å². The van der Waals surface area contributed by atoms with Crippen molar-refractivity contribution in [1.82, 2.24) is 15.5 Å². The Morgan fingerprint density at radius 1 is 1.18 bits per heavy atom. The molecule has 0 spiro atoms. The van der Waals surface area contributed by atoms with E-state index in [4.69, 9.17) is 11.6 Å². The van der Waals surface area contributed by atoms with Gasteiger partial charge in [-0.15, -0.1) is 12.4 Å². The molecule has 2 unspecified atom stereocenters. The topological polar surface area (TPSA) is 61.4 Å². The number of nitrogens with one attached hydrogen (secondary N) is 2. The fourth-order valence-electron chi connectivity index (χ4n) is 3.28. The highest BCUT2D eigenvalue weighted by Gasteiger charge is 2.25. The van der Waals surface area contributed by atoms with E-state index in [1.54, 1.807) is 24.3 Å². The van der Waals surface area contributed by atoms with Crippen LogP contribution in [0.15, 0.2) is 54.6 Å². The maximum atomic E-state index is 12.8. The Morgan fingerprint density at radius 3 is 2.54 bits per heavy atom. The Bertz CT molecular complexity index is 801. The minimum Gasteiger partial charge on any atom is -0.345 e. The van der Waals surface area contributed by atoms with Crippen molar-refractivity contribution in [1.29, 1.82) is 0 Å². The maximum Gasteiger partial charge on any atom is 0.253 e. The molecule has 7 heteroatoms. The predicted molar refractivity (Wildman–Crippen MR) is 114 cm³/mol. The smallest absolute Gasteiger partial charge is 0.253 e. The molecule has 3 rings (SSSR count). The average Bonchev–Trinajstić information content (AvgIpc) is 2.68. The van der Waals surface area contributed by atoms with Crippen molar-refractivity contribution >= 4 is 35.8 Å². The third kappa shape index (κ3) is 5.71. The van der Waals surface area contributed by atoms with Gasteiger partial charge < -0.3 is 15.5 Å². The van der Waals surface area contributed by atoms with Gasteiger partial charge in [0.25, 0.3) is 5.91 Å². The summed E-state index contributed by atoms with van der Waals surface area (Å²) in [6.45, 7) is 4.21. The lowest BCUT2D eigenvalue weighted by molar-refractivity contribution is -0.132. The van der Waals surface area contributed by atoms with Crippen LogP contribution < -0.4 is 10.6 Å². The molecule has 2 N–H and O–H groups in total. The molecule has 0 aliphatic carbocycles. The molecule has 28 heavy (non-hydrogen) atoms. The first-order valence-corrected chi connectivity index (χ1v) is 9.54. The molecule has 0 radical (unpaired) electrons. The van der Waals surface area contributed by atoms with E-state index in [0.29, 0.717) is 23.7 Å². The molecule has 2 atom stereocenters. The van der Waals surface area contributed by atoms with Crippen LogP contribution in [0.25, 0.3) is 0 Å².